The van der Waals surface area contributed by atoms with E-state index >= 15 is 0 Å². The van der Waals surface area contributed by atoms with E-state index in [1.54, 1.807) is 13.2 Å². The molecule has 1 fully saturated rings. The van der Waals surface area contributed by atoms with Crippen molar-refractivity contribution in [2.24, 2.45) is 0 Å². The van der Waals surface area contributed by atoms with Crippen molar-refractivity contribution < 1.29 is 13.9 Å². The number of methoxy groups -OCH3 is 1. The lowest BCUT2D eigenvalue weighted by molar-refractivity contribution is -0.151. The molecule has 0 atom stereocenters. The van der Waals surface area contributed by atoms with Crippen LogP contribution in [0.4, 0.5) is 4.39 Å². The predicted octanol–water partition coefficient (Wildman–Crippen LogP) is 3.27. The summed E-state index contributed by atoms with van der Waals surface area (Å²) < 4.78 is 19.2. The molecule has 0 saturated heterocycles. The van der Waals surface area contributed by atoms with Gasteiger partial charge in [0, 0.05) is 18.0 Å². The lowest BCUT2D eigenvalue weighted by Gasteiger charge is -2.38. The first kappa shape index (κ1) is 12.7. The van der Waals surface area contributed by atoms with E-state index < -0.39 is 5.60 Å². The fourth-order valence-corrected chi connectivity index (χ4v) is 2.49. The molecule has 1 aliphatic rings. The van der Waals surface area contributed by atoms with E-state index in [4.69, 9.17) is 4.74 Å². The van der Waals surface area contributed by atoms with Gasteiger partial charge >= 0.3 is 0 Å². The molecule has 0 bridgehead atoms. The standard InChI is InChI=1S/C13H14BrFO2/c1-17-13(5-2-6-13)12(16)8-9-7-10(15)3-4-11(9)14/h3-4,7H,2,5-6,8H2,1H3. The zero-order valence-electron chi connectivity index (χ0n) is 9.63. The number of halogens is 2. The third-order valence-electron chi connectivity index (χ3n) is 3.42. The SMILES string of the molecule is COC1(C(=O)Cc2cc(F)ccc2Br)CCC1. The fourth-order valence-electron chi connectivity index (χ4n) is 2.11. The summed E-state index contributed by atoms with van der Waals surface area (Å²) in [6.07, 6.45) is 2.78. The van der Waals surface area contributed by atoms with Gasteiger partial charge in [-0.15, -0.1) is 0 Å². The number of ketones is 1. The number of hydrogen-bond acceptors (Lipinski definition) is 2. The van der Waals surface area contributed by atoms with Crippen LogP contribution in [0.5, 0.6) is 0 Å². The van der Waals surface area contributed by atoms with Crippen molar-refractivity contribution in [3.05, 3.63) is 34.1 Å². The van der Waals surface area contributed by atoms with Gasteiger partial charge < -0.3 is 4.74 Å². The van der Waals surface area contributed by atoms with Crippen LogP contribution in [0.2, 0.25) is 0 Å². The Bertz CT molecular complexity index is 436. The maximum atomic E-state index is 13.1. The average molecular weight is 301 g/mol. The molecule has 1 saturated carbocycles. The minimum absolute atomic E-state index is 0.0394. The highest BCUT2D eigenvalue weighted by molar-refractivity contribution is 9.10. The van der Waals surface area contributed by atoms with Gasteiger partial charge in [-0.2, -0.15) is 0 Å². The van der Waals surface area contributed by atoms with Crippen molar-refractivity contribution in [2.45, 2.75) is 31.3 Å². The molecule has 0 spiro atoms. The van der Waals surface area contributed by atoms with Crippen LogP contribution in [0.15, 0.2) is 22.7 Å². The van der Waals surface area contributed by atoms with Crippen molar-refractivity contribution in [1.82, 2.24) is 0 Å². The molecular weight excluding hydrogens is 287 g/mol. The predicted molar refractivity (Wildman–Crippen MR) is 66.4 cm³/mol. The zero-order valence-corrected chi connectivity index (χ0v) is 11.2. The van der Waals surface area contributed by atoms with Crippen LogP contribution < -0.4 is 0 Å². The molecule has 0 amide bonds. The number of Topliss-reactive ketones (excluding diaryl/α,β-unsaturated/α-hetero) is 1. The summed E-state index contributed by atoms with van der Waals surface area (Å²) in [6, 6.07) is 4.38. The molecule has 1 aromatic carbocycles. The molecule has 17 heavy (non-hydrogen) atoms. The molecule has 92 valence electrons. The van der Waals surface area contributed by atoms with Gasteiger partial charge in [-0.1, -0.05) is 15.9 Å². The average Bonchev–Trinajstić information content (AvgIpc) is 2.23. The molecule has 0 heterocycles. The smallest absolute Gasteiger partial charge is 0.168 e. The Balaban J connectivity index is 2.15. The summed E-state index contributed by atoms with van der Waals surface area (Å²) in [5, 5.41) is 0. The Labute approximate surface area is 108 Å². The van der Waals surface area contributed by atoms with Crippen LogP contribution >= 0.6 is 15.9 Å². The van der Waals surface area contributed by atoms with Crippen molar-refractivity contribution in [3.63, 3.8) is 0 Å². The topological polar surface area (TPSA) is 26.3 Å². The van der Waals surface area contributed by atoms with Crippen molar-refractivity contribution >= 4 is 21.7 Å². The van der Waals surface area contributed by atoms with Crippen LogP contribution in [0.25, 0.3) is 0 Å². The van der Waals surface area contributed by atoms with E-state index in [1.807, 2.05) is 0 Å². The van der Waals surface area contributed by atoms with Gasteiger partial charge in [0.15, 0.2) is 5.78 Å². The van der Waals surface area contributed by atoms with Gasteiger partial charge in [0.2, 0.25) is 0 Å². The molecule has 0 radical (unpaired) electrons. The minimum Gasteiger partial charge on any atom is -0.370 e. The Kier molecular flexibility index (Phi) is 3.64. The summed E-state index contributed by atoms with van der Waals surface area (Å²) in [4.78, 5) is 12.1. The van der Waals surface area contributed by atoms with Crippen LogP contribution in [0.1, 0.15) is 24.8 Å². The summed E-state index contributed by atoms with van der Waals surface area (Å²) in [6.45, 7) is 0. The van der Waals surface area contributed by atoms with Crippen LogP contribution in [-0.4, -0.2) is 18.5 Å². The molecular formula is C13H14BrFO2. The fraction of sp³-hybridized carbons (Fsp3) is 0.462. The van der Waals surface area contributed by atoms with Gasteiger partial charge in [-0.25, -0.2) is 4.39 Å². The first-order valence-corrected chi connectivity index (χ1v) is 6.39. The normalized spacial score (nSPS) is 17.6. The van der Waals surface area contributed by atoms with E-state index in [1.165, 1.54) is 12.1 Å². The second-order valence-electron chi connectivity index (χ2n) is 4.39. The van der Waals surface area contributed by atoms with Gasteiger partial charge in [-0.3, -0.25) is 4.79 Å². The molecule has 2 rings (SSSR count). The largest absolute Gasteiger partial charge is 0.370 e. The number of carbonyl (C=O) groups excluding carboxylic acids is 1. The van der Waals surface area contributed by atoms with Gasteiger partial charge in [0.25, 0.3) is 0 Å². The lowest BCUT2D eigenvalue weighted by Crippen LogP contribution is -2.47. The summed E-state index contributed by atoms with van der Waals surface area (Å²) in [7, 11) is 1.57. The second kappa shape index (κ2) is 4.86. The number of ether oxygens (including phenoxy) is 1. The number of benzene rings is 1. The highest BCUT2D eigenvalue weighted by atomic mass is 79.9. The lowest BCUT2D eigenvalue weighted by atomic mass is 9.75. The van der Waals surface area contributed by atoms with Gasteiger partial charge in [-0.05, 0) is 43.0 Å². The van der Waals surface area contributed by atoms with E-state index in [-0.39, 0.29) is 18.0 Å². The number of rotatable bonds is 4. The summed E-state index contributed by atoms with van der Waals surface area (Å²) in [5.74, 6) is -0.284. The maximum absolute atomic E-state index is 13.1. The molecule has 4 heteroatoms. The third-order valence-corrected chi connectivity index (χ3v) is 4.19. The summed E-state index contributed by atoms with van der Waals surface area (Å²) in [5.41, 5.74) is 0.0597. The first-order valence-electron chi connectivity index (χ1n) is 5.60. The third kappa shape index (κ3) is 2.43. The monoisotopic (exact) mass is 300 g/mol. The van der Waals surface area contributed by atoms with E-state index in [0.29, 0.717) is 5.56 Å². The molecule has 0 aromatic heterocycles. The second-order valence-corrected chi connectivity index (χ2v) is 5.24. The zero-order chi connectivity index (χ0) is 12.5. The van der Waals surface area contributed by atoms with Crippen molar-refractivity contribution in [3.8, 4) is 0 Å². The Morgan fingerprint density at radius 1 is 1.53 bits per heavy atom. The first-order chi connectivity index (χ1) is 8.07. The minimum atomic E-state index is -0.619. The number of hydrogen-bond donors (Lipinski definition) is 0. The van der Waals surface area contributed by atoms with Crippen LogP contribution in [-0.2, 0) is 16.0 Å². The highest BCUT2D eigenvalue weighted by Gasteiger charge is 2.43. The molecule has 0 aliphatic heterocycles. The Hall–Kier alpha value is -0.740. The highest BCUT2D eigenvalue weighted by Crippen LogP contribution is 2.37. The molecule has 1 aliphatic carbocycles. The van der Waals surface area contributed by atoms with E-state index in [0.717, 1.165) is 23.7 Å². The van der Waals surface area contributed by atoms with E-state index in [2.05, 4.69) is 15.9 Å². The van der Waals surface area contributed by atoms with E-state index in [9.17, 15) is 9.18 Å². The molecule has 2 nitrogen and oxygen atoms in total. The van der Waals surface area contributed by atoms with Crippen molar-refractivity contribution in [2.75, 3.05) is 7.11 Å². The van der Waals surface area contributed by atoms with Crippen molar-refractivity contribution in [1.29, 1.82) is 0 Å². The number of carbonyl (C=O) groups is 1. The van der Waals surface area contributed by atoms with Gasteiger partial charge in [0.1, 0.15) is 11.4 Å². The quantitative estimate of drug-likeness (QED) is 0.853. The Morgan fingerprint density at radius 2 is 2.24 bits per heavy atom. The molecule has 1 aromatic rings. The Morgan fingerprint density at radius 3 is 2.76 bits per heavy atom. The van der Waals surface area contributed by atoms with Gasteiger partial charge in [0.05, 0.1) is 0 Å². The van der Waals surface area contributed by atoms with Crippen LogP contribution in [0.3, 0.4) is 0 Å². The van der Waals surface area contributed by atoms with Crippen LogP contribution in [0, 0.1) is 5.82 Å². The summed E-state index contributed by atoms with van der Waals surface area (Å²) >= 11 is 3.33. The maximum Gasteiger partial charge on any atom is 0.168 e. The molecule has 0 unspecified atom stereocenters. The molecule has 0 N–H and O–H groups in total.